The molecule has 0 bridgehead atoms. The van der Waals surface area contributed by atoms with Crippen LogP contribution in [0, 0.1) is 5.92 Å². The van der Waals surface area contributed by atoms with Gasteiger partial charge < -0.3 is 15.5 Å². The highest BCUT2D eigenvalue weighted by Gasteiger charge is 2.10. The second-order valence-corrected chi connectivity index (χ2v) is 5.46. The summed E-state index contributed by atoms with van der Waals surface area (Å²) in [6, 6.07) is 8.19. The quantitative estimate of drug-likeness (QED) is 0.764. The van der Waals surface area contributed by atoms with Crippen molar-refractivity contribution in [1.82, 2.24) is 10.6 Å². The molecule has 20 heavy (non-hydrogen) atoms. The molecule has 0 aromatic heterocycles. The summed E-state index contributed by atoms with van der Waals surface area (Å²) in [5.74, 6) is 0.546. The molecule has 1 rings (SSSR count). The van der Waals surface area contributed by atoms with E-state index in [4.69, 9.17) is 0 Å². The monoisotopic (exact) mass is 277 g/mol. The normalized spacial score (nSPS) is 10.7. The molecular formula is C16H27N3O. The molecule has 1 aromatic carbocycles. The van der Waals surface area contributed by atoms with Crippen LogP contribution in [-0.2, 0) is 11.3 Å². The van der Waals surface area contributed by atoms with Crippen LogP contribution in [0.15, 0.2) is 24.3 Å². The van der Waals surface area contributed by atoms with E-state index >= 15 is 0 Å². The number of rotatable bonds is 8. The standard InChI is InChI=1S/C16H27N3O/c1-5-17-11-14-8-6-7-9-15(14)19(4)12-16(20)18-10-13(2)3/h6-9,13,17H,5,10-12H2,1-4H3,(H,18,20). The molecule has 0 atom stereocenters. The third-order valence-corrected chi connectivity index (χ3v) is 3.06. The number of carbonyl (C=O) groups excluding carboxylic acids is 1. The molecule has 0 heterocycles. The van der Waals surface area contributed by atoms with Crippen LogP contribution in [0.2, 0.25) is 0 Å². The number of hydrogen-bond donors (Lipinski definition) is 2. The van der Waals surface area contributed by atoms with Crippen molar-refractivity contribution in [3.8, 4) is 0 Å². The van der Waals surface area contributed by atoms with Crippen molar-refractivity contribution in [3.05, 3.63) is 29.8 Å². The Morgan fingerprint density at radius 1 is 1.30 bits per heavy atom. The molecule has 4 nitrogen and oxygen atoms in total. The van der Waals surface area contributed by atoms with E-state index in [1.165, 1.54) is 5.56 Å². The molecule has 0 aliphatic rings. The average molecular weight is 277 g/mol. The molecule has 0 fully saturated rings. The van der Waals surface area contributed by atoms with Crippen molar-refractivity contribution in [2.45, 2.75) is 27.3 Å². The zero-order valence-electron chi connectivity index (χ0n) is 13.1. The van der Waals surface area contributed by atoms with Crippen molar-refractivity contribution >= 4 is 11.6 Å². The zero-order valence-corrected chi connectivity index (χ0v) is 13.1. The summed E-state index contributed by atoms with van der Waals surface area (Å²) >= 11 is 0. The van der Waals surface area contributed by atoms with E-state index < -0.39 is 0 Å². The predicted octanol–water partition coefficient (Wildman–Crippen LogP) is 2.00. The first-order chi connectivity index (χ1) is 9.54. The van der Waals surface area contributed by atoms with E-state index in [-0.39, 0.29) is 5.91 Å². The molecule has 1 aromatic rings. The van der Waals surface area contributed by atoms with Gasteiger partial charge in [-0.15, -0.1) is 0 Å². The van der Waals surface area contributed by atoms with Gasteiger partial charge in [-0.25, -0.2) is 0 Å². The SMILES string of the molecule is CCNCc1ccccc1N(C)CC(=O)NCC(C)C. The maximum Gasteiger partial charge on any atom is 0.239 e. The molecule has 4 heteroatoms. The van der Waals surface area contributed by atoms with Crippen LogP contribution in [-0.4, -0.2) is 32.6 Å². The van der Waals surface area contributed by atoms with Crippen LogP contribution in [0.4, 0.5) is 5.69 Å². The summed E-state index contributed by atoms with van der Waals surface area (Å²) in [6.07, 6.45) is 0. The van der Waals surface area contributed by atoms with Gasteiger partial charge >= 0.3 is 0 Å². The van der Waals surface area contributed by atoms with Gasteiger partial charge in [0.05, 0.1) is 6.54 Å². The third kappa shape index (κ3) is 5.61. The number of hydrogen-bond acceptors (Lipinski definition) is 3. The van der Waals surface area contributed by atoms with Crippen LogP contribution >= 0.6 is 0 Å². The van der Waals surface area contributed by atoms with E-state index in [1.807, 2.05) is 24.1 Å². The highest BCUT2D eigenvalue weighted by atomic mass is 16.2. The number of anilines is 1. The number of para-hydroxylation sites is 1. The fraction of sp³-hybridized carbons (Fsp3) is 0.562. The summed E-state index contributed by atoms with van der Waals surface area (Å²) in [6.45, 7) is 9.15. The second-order valence-electron chi connectivity index (χ2n) is 5.46. The van der Waals surface area contributed by atoms with Crippen molar-refractivity contribution in [2.24, 2.45) is 5.92 Å². The molecule has 0 saturated heterocycles. The van der Waals surface area contributed by atoms with Crippen LogP contribution in [0.3, 0.4) is 0 Å². The smallest absolute Gasteiger partial charge is 0.239 e. The lowest BCUT2D eigenvalue weighted by Crippen LogP contribution is -2.37. The minimum atomic E-state index is 0.0689. The fourth-order valence-electron chi connectivity index (χ4n) is 1.97. The zero-order chi connectivity index (χ0) is 15.0. The van der Waals surface area contributed by atoms with Gasteiger partial charge in [-0.05, 0) is 24.1 Å². The third-order valence-electron chi connectivity index (χ3n) is 3.06. The lowest BCUT2D eigenvalue weighted by molar-refractivity contribution is -0.119. The lowest BCUT2D eigenvalue weighted by atomic mass is 10.1. The first-order valence-corrected chi connectivity index (χ1v) is 7.31. The van der Waals surface area contributed by atoms with Crippen LogP contribution in [0.25, 0.3) is 0 Å². The molecule has 0 aliphatic carbocycles. The molecule has 112 valence electrons. The molecule has 0 aliphatic heterocycles. The molecule has 1 amide bonds. The number of nitrogens with one attached hydrogen (secondary N) is 2. The van der Waals surface area contributed by atoms with Gasteiger partial charge in [-0.1, -0.05) is 39.0 Å². The van der Waals surface area contributed by atoms with Crippen molar-refractivity contribution in [2.75, 3.05) is 31.6 Å². The van der Waals surface area contributed by atoms with Gasteiger partial charge in [0.15, 0.2) is 0 Å². The summed E-state index contributed by atoms with van der Waals surface area (Å²) < 4.78 is 0. The van der Waals surface area contributed by atoms with E-state index in [0.29, 0.717) is 12.5 Å². The van der Waals surface area contributed by atoms with Gasteiger partial charge in [0, 0.05) is 25.8 Å². The number of nitrogens with zero attached hydrogens (tertiary/aromatic N) is 1. The minimum Gasteiger partial charge on any atom is -0.365 e. The van der Waals surface area contributed by atoms with E-state index in [0.717, 1.165) is 25.3 Å². The van der Waals surface area contributed by atoms with Crippen molar-refractivity contribution in [1.29, 1.82) is 0 Å². The van der Waals surface area contributed by atoms with Gasteiger partial charge in [-0.3, -0.25) is 4.79 Å². The highest BCUT2D eigenvalue weighted by Crippen LogP contribution is 2.18. The maximum atomic E-state index is 11.9. The van der Waals surface area contributed by atoms with Crippen LogP contribution in [0.1, 0.15) is 26.3 Å². The Morgan fingerprint density at radius 3 is 2.65 bits per heavy atom. The lowest BCUT2D eigenvalue weighted by Gasteiger charge is -2.22. The molecule has 0 saturated carbocycles. The van der Waals surface area contributed by atoms with E-state index in [9.17, 15) is 4.79 Å². The summed E-state index contributed by atoms with van der Waals surface area (Å²) in [7, 11) is 1.96. The Hall–Kier alpha value is -1.55. The molecule has 2 N–H and O–H groups in total. The molecular weight excluding hydrogens is 250 g/mol. The summed E-state index contributed by atoms with van der Waals surface area (Å²) in [4.78, 5) is 13.9. The van der Waals surface area contributed by atoms with E-state index in [2.05, 4.69) is 43.5 Å². The van der Waals surface area contributed by atoms with Crippen LogP contribution < -0.4 is 15.5 Å². The Kier molecular flexibility index (Phi) is 7.09. The first kappa shape index (κ1) is 16.5. The number of carbonyl (C=O) groups is 1. The largest absolute Gasteiger partial charge is 0.365 e. The minimum absolute atomic E-state index is 0.0689. The average Bonchev–Trinajstić information content (AvgIpc) is 2.43. The van der Waals surface area contributed by atoms with Crippen LogP contribution in [0.5, 0.6) is 0 Å². The predicted molar refractivity (Wildman–Crippen MR) is 84.9 cm³/mol. The second kappa shape index (κ2) is 8.59. The van der Waals surface area contributed by atoms with Crippen molar-refractivity contribution < 1.29 is 4.79 Å². The summed E-state index contributed by atoms with van der Waals surface area (Å²) in [5.41, 5.74) is 2.32. The van der Waals surface area contributed by atoms with Gasteiger partial charge in [0.2, 0.25) is 5.91 Å². The maximum absolute atomic E-state index is 11.9. The highest BCUT2D eigenvalue weighted by molar-refractivity contribution is 5.81. The number of likely N-dealkylation sites (N-methyl/N-ethyl adjacent to an activating group) is 1. The van der Waals surface area contributed by atoms with Gasteiger partial charge in [0.1, 0.15) is 0 Å². The van der Waals surface area contributed by atoms with E-state index in [1.54, 1.807) is 0 Å². The van der Waals surface area contributed by atoms with Crippen molar-refractivity contribution in [3.63, 3.8) is 0 Å². The summed E-state index contributed by atoms with van der Waals surface area (Å²) in [5, 5.41) is 6.28. The Labute approximate surface area is 122 Å². The van der Waals surface area contributed by atoms with Gasteiger partial charge in [-0.2, -0.15) is 0 Å². The molecule has 0 spiro atoms. The molecule has 0 radical (unpaired) electrons. The topological polar surface area (TPSA) is 44.4 Å². The molecule has 0 unspecified atom stereocenters. The Balaban J connectivity index is 2.62. The van der Waals surface area contributed by atoms with Gasteiger partial charge in [0.25, 0.3) is 0 Å². The Bertz CT molecular complexity index is 418. The number of amides is 1. The fourth-order valence-corrected chi connectivity index (χ4v) is 1.97. The Morgan fingerprint density at radius 2 is 2.00 bits per heavy atom. The first-order valence-electron chi connectivity index (χ1n) is 7.31. The number of benzene rings is 1.